The number of halogens is 1. The average molecular weight is 387 g/mol. The summed E-state index contributed by atoms with van der Waals surface area (Å²) in [4.78, 5) is 24.4. The van der Waals surface area contributed by atoms with Crippen LogP contribution in [0.5, 0.6) is 0 Å². The topological polar surface area (TPSA) is 93.5 Å². The first-order chi connectivity index (χ1) is 13.5. The molecular weight excluding hydrogens is 365 g/mol. The van der Waals surface area contributed by atoms with Crippen LogP contribution in [0.25, 0.3) is 5.69 Å². The van der Waals surface area contributed by atoms with E-state index in [-0.39, 0.29) is 18.1 Å². The Morgan fingerprint density at radius 2 is 2.07 bits per heavy atom. The van der Waals surface area contributed by atoms with Crippen molar-refractivity contribution in [3.8, 4) is 5.69 Å². The fourth-order valence-corrected chi connectivity index (χ4v) is 4.14. The molecule has 0 atom stereocenters. The second-order valence-corrected chi connectivity index (χ2v) is 7.44. The van der Waals surface area contributed by atoms with Crippen molar-refractivity contribution in [2.24, 2.45) is 0 Å². The van der Waals surface area contributed by atoms with E-state index in [0.717, 1.165) is 30.5 Å². The summed E-state index contributed by atoms with van der Waals surface area (Å²) in [7, 11) is 0. The van der Waals surface area contributed by atoms with Gasteiger partial charge in [0.1, 0.15) is 5.82 Å². The third kappa shape index (κ3) is 3.52. The molecule has 0 radical (unpaired) electrons. The highest BCUT2D eigenvalue weighted by atomic mass is 19.1. The van der Waals surface area contributed by atoms with E-state index in [1.54, 1.807) is 16.8 Å². The van der Waals surface area contributed by atoms with Gasteiger partial charge in [0, 0.05) is 24.5 Å². The van der Waals surface area contributed by atoms with Crippen LogP contribution in [-0.4, -0.2) is 45.5 Å². The van der Waals surface area contributed by atoms with Gasteiger partial charge < -0.3 is 15.2 Å². The monoisotopic (exact) mass is 387 g/mol. The molecule has 2 aliphatic rings. The van der Waals surface area contributed by atoms with Gasteiger partial charge in [-0.1, -0.05) is 6.07 Å². The number of amides is 1. The minimum Gasteiger partial charge on any atom is -0.481 e. The molecule has 7 nitrogen and oxygen atoms in total. The van der Waals surface area contributed by atoms with Crippen molar-refractivity contribution in [3.63, 3.8) is 0 Å². The summed E-state index contributed by atoms with van der Waals surface area (Å²) in [6.07, 6.45) is 3.12. The first-order valence-electron chi connectivity index (χ1n) is 9.46. The standard InChI is InChI=1S/C20H22FN3O4/c21-13-3-1-4-14(11-13)24-16-6-2-5-15(16)18(23-24)19(27)22-20(12-17(25)26)7-9-28-10-8-20/h1,3-4,11H,2,5-10,12H2,(H,22,27)(H,25,26). The zero-order valence-electron chi connectivity index (χ0n) is 15.4. The van der Waals surface area contributed by atoms with Crippen LogP contribution < -0.4 is 5.32 Å². The predicted octanol–water partition coefficient (Wildman–Crippen LogP) is 2.25. The fraction of sp³-hybridized carbons (Fsp3) is 0.450. The number of aromatic nitrogens is 2. The first-order valence-corrected chi connectivity index (χ1v) is 9.46. The van der Waals surface area contributed by atoms with Crippen LogP contribution in [0.1, 0.15) is 47.4 Å². The molecule has 1 amide bonds. The molecular formula is C20H22FN3O4. The Kier molecular flexibility index (Phi) is 4.89. The molecule has 28 heavy (non-hydrogen) atoms. The zero-order chi connectivity index (χ0) is 19.7. The van der Waals surface area contributed by atoms with E-state index in [4.69, 9.17) is 4.74 Å². The second-order valence-electron chi connectivity index (χ2n) is 7.44. The summed E-state index contributed by atoms with van der Waals surface area (Å²) in [5.74, 6) is -1.71. The van der Waals surface area contributed by atoms with Crippen LogP contribution in [0.4, 0.5) is 4.39 Å². The minimum atomic E-state index is -0.960. The predicted molar refractivity (Wildman–Crippen MR) is 98.1 cm³/mol. The largest absolute Gasteiger partial charge is 0.481 e. The van der Waals surface area contributed by atoms with Crippen LogP contribution in [0, 0.1) is 5.82 Å². The Bertz CT molecular complexity index is 918. The highest BCUT2D eigenvalue weighted by molar-refractivity contribution is 5.95. The van der Waals surface area contributed by atoms with Crippen molar-refractivity contribution in [1.29, 1.82) is 0 Å². The fourth-order valence-electron chi connectivity index (χ4n) is 4.14. The molecule has 1 saturated heterocycles. The number of carbonyl (C=O) groups excluding carboxylic acids is 1. The number of ether oxygens (including phenoxy) is 1. The normalized spacial score (nSPS) is 17.9. The van der Waals surface area contributed by atoms with E-state index < -0.39 is 11.5 Å². The van der Waals surface area contributed by atoms with Gasteiger partial charge >= 0.3 is 5.97 Å². The number of carboxylic acids is 1. The number of carboxylic acid groups (broad SMARTS) is 1. The molecule has 0 spiro atoms. The van der Waals surface area contributed by atoms with Gasteiger partial charge in [0.15, 0.2) is 5.69 Å². The van der Waals surface area contributed by atoms with E-state index in [9.17, 15) is 19.1 Å². The Morgan fingerprint density at radius 1 is 1.29 bits per heavy atom. The maximum Gasteiger partial charge on any atom is 0.305 e. The SMILES string of the molecule is O=C(O)CC1(NC(=O)c2nn(-c3cccc(F)c3)c3c2CCC3)CCOCC1. The van der Waals surface area contributed by atoms with Gasteiger partial charge in [-0.25, -0.2) is 9.07 Å². The lowest BCUT2D eigenvalue weighted by atomic mass is 9.86. The van der Waals surface area contributed by atoms with Gasteiger partial charge in [-0.15, -0.1) is 0 Å². The lowest BCUT2D eigenvalue weighted by Crippen LogP contribution is -2.53. The Balaban J connectivity index is 1.66. The number of nitrogens with one attached hydrogen (secondary N) is 1. The van der Waals surface area contributed by atoms with Crippen LogP contribution in [0.15, 0.2) is 24.3 Å². The van der Waals surface area contributed by atoms with Crippen molar-refractivity contribution in [3.05, 3.63) is 47.0 Å². The third-order valence-electron chi connectivity index (χ3n) is 5.52. The Morgan fingerprint density at radius 3 is 2.79 bits per heavy atom. The van der Waals surface area contributed by atoms with Crippen molar-refractivity contribution >= 4 is 11.9 Å². The van der Waals surface area contributed by atoms with Gasteiger partial charge in [0.05, 0.1) is 17.6 Å². The van der Waals surface area contributed by atoms with E-state index in [2.05, 4.69) is 10.4 Å². The van der Waals surface area contributed by atoms with Crippen molar-refractivity contribution in [2.75, 3.05) is 13.2 Å². The van der Waals surface area contributed by atoms with Gasteiger partial charge in [-0.3, -0.25) is 9.59 Å². The van der Waals surface area contributed by atoms with Crippen LogP contribution >= 0.6 is 0 Å². The molecule has 0 bridgehead atoms. The highest BCUT2D eigenvalue weighted by Crippen LogP contribution is 2.30. The molecule has 2 heterocycles. The van der Waals surface area contributed by atoms with Gasteiger partial charge in [-0.05, 0) is 50.3 Å². The molecule has 0 saturated carbocycles. The molecule has 1 aliphatic heterocycles. The lowest BCUT2D eigenvalue weighted by Gasteiger charge is -2.36. The molecule has 1 aromatic carbocycles. The number of nitrogens with zero attached hydrogens (tertiary/aromatic N) is 2. The van der Waals surface area contributed by atoms with E-state index in [1.165, 1.54) is 12.1 Å². The Labute approximate surface area is 161 Å². The molecule has 1 aromatic heterocycles. The second kappa shape index (κ2) is 7.35. The van der Waals surface area contributed by atoms with Crippen molar-refractivity contribution in [1.82, 2.24) is 15.1 Å². The number of hydrogen-bond donors (Lipinski definition) is 2. The molecule has 4 rings (SSSR count). The number of hydrogen-bond acceptors (Lipinski definition) is 4. The van der Waals surface area contributed by atoms with Crippen LogP contribution in [0.2, 0.25) is 0 Å². The number of benzene rings is 1. The van der Waals surface area contributed by atoms with E-state index >= 15 is 0 Å². The summed E-state index contributed by atoms with van der Waals surface area (Å²) < 4.78 is 20.6. The number of carbonyl (C=O) groups is 2. The van der Waals surface area contributed by atoms with Gasteiger partial charge in [0.2, 0.25) is 0 Å². The lowest BCUT2D eigenvalue weighted by molar-refractivity contribution is -0.139. The van der Waals surface area contributed by atoms with Crippen molar-refractivity contribution < 1.29 is 23.8 Å². The maximum atomic E-state index is 13.7. The molecule has 148 valence electrons. The molecule has 0 unspecified atom stereocenters. The molecule has 8 heteroatoms. The van der Waals surface area contributed by atoms with Crippen LogP contribution in [-0.2, 0) is 22.4 Å². The third-order valence-corrected chi connectivity index (χ3v) is 5.52. The van der Waals surface area contributed by atoms with Crippen LogP contribution in [0.3, 0.4) is 0 Å². The number of rotatable bonds is 5. The van der Waals surface area contributed by atoms with E-state index in [1.807, 2.05) is 0 Å². The summed E-state index contributed by atoms with van der Waals surface area (Å²) in [5.41, 5.74) is 1.81. The Hall–Kier alpha value is -2.74. The smallest absolute Gasteiger partial charge is 0.305 e. The average Bonchev–Trinajstić information content (AvgIpc) is 3.24. The minimum absolute atomic E-state index is 0.158. The maximum absolute atomic E-state index is 13.7. The highest BCUT2D eigenvalue weighted by Gasteiger charge is 2.38. The molecule has 1 aliphatic carbocycles. The number of fused-ring (bicyclic) bond motifs is 1. The summed E-state index contributed by atoms with van der Waals surface area (Å²) in [5, 5.41) is 16.7. The van der Waals surface area contributed by atoms with Gasteiger partial charge in [-0.2, -0.15) is 5.10 Å². The molecule has 1 fully saturated rings. The number of aliphatic carboxylic acids is 1. The summed E-state index contributed by atoms with van der Waals surface area (Å²) in [6, 6.07) is 6.11. The first kappa shape index (κ1) is 18.6. The van der Waals surface area contributed by atoms with Gasteiger partial charge in [0.25, 0.3) is 5.91 Å². The quantitative estimate of drug-likeness (QED) is 0.821. The summed E-state index contributed by atoms with van der Waals surface area (Å²) in [6.45, 7) is 0.812. The van der Waals surface area contributed by atoms with Crippen molar-refractivity contribution in [2.45, 2.75) is 44.1 Å². The molecule has 2 aromatic rings. The summed E-state index contributed by atoms with van der Waals surface area (Å²) >= 11 is 0. The molecule has 2 N–H and O–H groups in total. The zero-order valence-corrected chi connectivity index (χ0v) is 15.4. The van der Waals surface area contributed by atoms with E-state index in [0.29, 0.717) is 37.4 Å².